The Kier molecular flexibility index (Phi) is 5.27. The van der Waals surface area contributed by atoms with Crippen molar-refractivity contribution in [2.24, 2.45) is 0 Å². The Hall–Kier alpha value is -2.08. The number of hydrogen-bond donors (Lipinski definition) is 2. The van der Waals surface area contributed by atoms with Gasteiger partial charge >= 0.3 is 6.03 Å². The molecule has 136 valence electrons. The molecular weight excluding hydrogens is 320 g/mol. The molecule has 1 saturated heterocycles. The molecule has 2 aliphatic rings. The van der Waals surface area contributed by atoms with E-state index >= 15 is 0 Å². The van der Waals surface area contributed by atoms with Crippen LogP contribution in [-0.2, 0) is 11.2 Å². The van der Waals surface area contributed by atoms with Gasteiger partial charge in [-0.3, -0.25) is 9.69 Å². The molecule has 1 aliphatic heterocycles. The molecule has 1 spiro atoms. The SMILES string of the molecule is CCc1ccc(OC[C@@H](O)CN2C(=O)NC3(CCCCC3)C2=O)cc1. The predicted octanol–water partition coefficient (Wildman–Crippen LogP) is 2.24. The van der Waals surface area contributed by atoms with E-state index in [0.717, 1.165) is 30.6 Å². The Morgan fingerprint density at radius 2 is 1.88 bits per heavy atom. The number of amides is 3. The van der Waals surface area contributed by atoms with Gasteiger partial charge in [-0.2, -0.15) is 0 Å². The Balaban J connectivity index is 1.54. The highest BCUT2D eigenvalue weighted by Gasteiger charge is 2.51. The number of nitrogens with one attached hydrogen (secondary N) is 1. The minimum atomic E-state index is -0.917. The van der Waals surface area contributed by atoms with Crippen molar-refractivity contribution in [2.45, 2.75) is 57.1 Å². The van der Waals surface area contributed by atoms with Crippen LogP contribution >= 0.6 is 0 Å². The molecule has 2 fully saturated rings. The molecule has 1 saturated carbocycles. The van der Waals surface area contributed by atoms with Crippen molar-refractivity contribution in [1.29, 1.82) is 0 Å². The number of urea groups is 1. The van der Waals surface area contributed by atoms with E-state index in [1.165, 1.54) is 5.56 Å². The van der Waals surface area contributed by atoms with Crippen LogP contribution in [0.25, 0.3) is 0 Å². The maximum atomic E-state index is 12.7. The van der Waals surface area contributed by atoms with Crippen molar-refractivity contribution in [1.82, 2.24) is 10.2 Å². The Labute approximate surface area is 148 Å². The number of nitrogens with zero attached hydrogens (tertiary/aromatic N) is 1. The quantitative estimate of drug-likeness (QED) is 0.775. The lowest BCUT2D eigenvalue weighted by molar-refractivity contribution is -0.133. The van der Waals surface area contributed by atoms with Crippen LogP contribution in [0.2, 0.25) is 0 Å². The number of aryl methyl sites for hydroxylation is 1. The number of carbonyl (C=O) groups is 2. The average molecular weight is 346 g/mol. The molecule has 6 nitrogen and oxygen atoms in total. The number of aliphatic hydroxyl groups excluding tert-OH is 1. The van der Waals surface area contributed by atoms with Gasteiger partial charge in [-0.15, -0.1) is 0 Å². The van der Waals surface area contributed by atoms with Crippen LogP contribution in [-0.4, -0.2) is 46.7 Å². The topological polar surface area (TPSA) is 78.9 Å². The first-order chi connectivity index (χ1) is 12.0. The van der Waals surface area contributed by atoms with E-state index in [4.69, 9.17) is 4.74 Å². The van der Waals surface area contributed by atoms with Crippen molar-refractivity contribution in [3.05, 3.63) is 29.8 Å². The summed E-state index contributed by atoms with van der Waals surface area (Å²) in [5.41, 5.74) is 0.469. The van der Waals surface area contributed by atoms with Crippen LogP contribution in [0, 0.1) is 0 Å². The molecule has 1 aromatic rings. The molecule has 3 rings (SSSR count). The van der Waals surface area contributed by atoms with Crippen LogP contribution in [0.3, 0.4) is 0 Å². The summed E-state index contributed by atoms with van der Waals surface area (Å²) >= 11 is 0. The van der Waals surface area contributed by atoms with Gasteiger partial charge in [0.05, 0.1) is 6.54 Å². The Morgan fingerprint density at radius 3 is 2.52 bits per heavy atom. The number of carbonyl (C=O) groups excluding carboxylic acids is 2. The zero-order chi connectivity index (χ0) is 17.9. The zero-order valence-electron chi connectivity index (χ0n) is 14.7. The van der Waals surface area contributed by atoms with Gasteiger partial charge in [0, 0.05) is 0 Å². The minimum absolute atomic E-state index is 0.0372. The fourth-order valence-electron chi connectivity index (χ4n) is 3.61. The summed E-state index contributed by atoms with van der Waals surface area (Å²) in [4.78, 5) is 26.0. The van der Waals surface area contributed by atoms with E-state index < -0.39 is 17.7 Å². The number of hydrogen-bond acceptors (Lipinski definition) is 4. The normalized spacial score (nSPS) is 20.6. The van der Waals surface area contributed by atoms with Crippen molar-refractivity contribution in [3.63, 3.8) is 0 Å². The minimum Gasteiger partial charge on any atom is -0.491 e. The van der Waals surface area contributed by atoms with Crippen LogP contribution in [0.1, 0.15) is 44.6 Å². The van der Waals surface area contributed by atoms with Crippen molar-refractivity contribution in [3.8, 4) is 5.75 Å². The summed E-state index contributed by atoms with van der Waals surface area (Å²) in [5.74, 6) is 0.459. The second kappa shape index (κ2) is 7.44. The van der Waals surface area contributed by atoms with Gasteiger partial charge in [0.15, 0.2) is 0 Å². The van der Waals surface area contributed by atoms with Crippen LogP contribution in [0.4, 0.5) is 4.79 Å². The maximum Gasteiger partial charge on any atom is 0.325 e. The summed E-state index contributed by atoms with van der Waals surface area (Å²) in [6, 6.07) is 7.27. The number of ether oxygens (including phenoxy) is 1. The largest absolute Gasteiger partial charge is 0.491 e. The molecule has 0 radical (unpaired) electrons. The summed E-state index contributed by atoms with van der Waals surface area (Å²) in [6.45, 7) is 2.08. The fraction of sp³-hybridized carbons (Fsp3) is 0.579. The number of imide groups is 1. The molecule has 0 unspecified atom stereocenters. The molecular formula is C19H26N2O4. The summed E-state index contributed by atoms with van der Waals surface area (Å²) in [6.07, 6.45) is 4.39. The van der Waals surface area contributed by atoms with Gasteiger partial charge in [0.2, 0.25) is 0 Å². The van der Waals surface area contributed by atoms with Gasteiger partial charge in [0.25, 0.3) is 5.91 Å². The Bertz CT molecular complexity index is 623. The highest BCUT2D eigenvalue weighted by atomic mass is 16.5. The van der Waals surface area contributed by atoms with E-state index in [1.54, 1.807) is 0 Å². The molecule has 0 aromatic heterocycles. The van der Waals surface area contributed by atoms with Crippen LogP contribution in [0.5, 0.6) is 5.75 Å². The summed E-state index contributed by atoms with van der Waals surface area (Å²) in [7, 11) is 0. The number of β-amino-alcohol motifs (C(OH)–C–C–N with tert-alkyl or cyclic N) is 1. The monoisotopic (exact) mass is 346 g/mol. The van der Waals surface area contributed by atoms with Gasteiger partial charge in [-0.05, 0) is 37.0 Å². The third-order valence-electron chi connectivity index (χ3n) is 5.12. The van der Waals surface area contributed by atoms with E-state index in [-0.39, 0.29) is 19.1 Å². The molecule has 1 aromatic carbocycles. The molecule has 25 heavy (non-hydrogen) atoms. The second-order valence-electron chi connectivity index (χ2n) is 6.95. The molecule has 2 N–H and O–H groups in total. The Morgan fingerprint density at radius 1 is 1.20 bits per heavy atom. The molecule has 1 atom stereocenters. The highest BCUT2D eigenvalue weighted by Crippen LogP contribution is 2.33. The molecule has 1 heterocycles. The second-order valence-corrected chi connectivity index (χ2v) is 6.95. The van der Waals surface area contributed by atoms with Crippen LogP contribution < -0.4 is 10.1 Å². The van der Waals surface area contributed by atoms with Crippen molar-refractivity contribution >= 4 is 11.9 Å². The van der Waals surface area contributed by atoms with Gasteiger partial charge < -0.3 is 15.2 Å². The summed E-state index contributed by atoms with van der Waals surface area (Å²) in [5, 5.41) is 13.0. The van der Waals surface area contributed by atoms with E-state index in [9.17, 15) is 14.7 Å². The van der Waals surface area contributed by atoms with Gasteiger partial charge in [-0.25, -0.2) is 4.79 Å². The number of benzene rings is 1. The van der Waals surface area contributed by atoms with Crippen molar-refractivity contribution < 1.29 is 19.4 Å². The molecule has 0 bridgehead atoms. The lowest BCUT2D eigenvalue weighted by Crippen LogP contribution is -2.48. The summed E-state index contributed by atoms with van der Waals surface area (Å²) < 4.78 is 5.57. The molecule has 6 heteroatoms. The third-order valence-corrected chi connectivity index (χ3v) is 5.12. The first kappa shape index (κ1) is 17.7. The molecule has 3 amide bonds. The average Bonchev–Trinajstić information content (AvgIpc) is 2.85. The van der Waals surface area contributed by atoms with Crippen molar-refractivity contribution in [2.75, 3.05) is 13.2 Å². The lowest BCUT2D eigenvalue weighted by Gasteiger charge is -2.30. The fourth-order valence-corrected chi connectivity index (χ4v) is 3.61. The maximum absolute atomic E-state index is 12.7. The van der Waals surface area contributed by atoms with E-state index in [1.807, 2.05) is 24.3 Å². The van der Waals surface area contributed by atoms with Crippen LogP contribution in [0.15, 0.2) is 24.3 Å². The first-order valence-electron chi connectivity index (χ1n) is 9.08. The number of aliphatic hydroxyl groups is 1. The smallest absolute Gasteiger partial charge is 0.325 e. The standard InChI is InChI=1S/C19H26N2O4/c1-2-14-6-8-16(9-7-14)25-13-15(22)12-21-17(23)19(20-18(21)24)10-4-3-5-11-19/h6-9,15,22H,2-5,10-13H2,1H3,(H,20,24)/t15-/m0/s1. The first-order valence-corrected chi connectivity index (χ1v) is 9.08. The predicted molar refractivity (Wildman–Crippen MR) is 93.4 cm³/mol. The number of rotatable bonds is 6. The van der Waals surface area contributed by atoms with Gasteiger partial charge in [0.1, 0.15) is 24.0 Å². The zero-order valence-corrected chi connectivity index (χ0v) is 14.7. The third kappa shape index (κ3) is 3.79. The highest BCUT2D eigenvalue weighted by molar-refractivity contribution is 6.07. The van der Waals surface area contributed by atoms with Gasteiger partial charge in [-0.1, -0.05) is 38.3 Å². The van der Waals surface area contributed by atoms with E-state index in [2.05, 4.69) is 12.2 Å². The lowest BCUT2D eigenvalue weighted by atomic mass is 9.82. The van der Waals surface area contributed by atoms with E-state index in [0.29, 0.717) is 18.6 Å². The molecule has 1 aliphatic carbocycles.